The topological polar surface area (TPSA) is 62.5 Å². The molecule has 0 aliphatic carbocycles. The lowest BCUT2D eigenvalue weighted by Gasteiger charge is -2.14. The minimum atomic E-state index is -0.868. The Balaban J connectivity index is 2.19. The first kappa shape index (κ1) is 11.7. The molecule has 1 unspecified atom stereocenters. The van der Waals surface area contributed by atoms with E-state index in [0.717, 1.165) is 16.7 Å². The van der Waals surface area contributed by atoms with E-state index < -0.39 is 12.0 Å². The zero-order valence-electron chi connectivity index (χ0n) is 9.81. The zero-order valence-corrected chi connectivity index (χ0v) is 9.81. The predicted octanol–water partition coefficient (Wildman–Crippen LogP) is 2.56. The standard InChI is InChI=1S/C13H15NO3/c1-8(14-9(2)13(15)16)12-7-10-5-3-4-6-11(10)17-12/h3-9,14H,1-2H3,(H,15,16)/t8?,9-/m0/s1. The fourth-order valence-electron chi connectivity index (χ4n) is 1.74. The molecule has 1 heterocycles. The molecule has 1 aromatic heterocycles. The maximum absolute atomic E-state index is 10.7. The maximum atomic E-state index is 10.7. The Kier molecular flexibility index (Phi) is 3.15. The number of benzene rings is 1. The number of carboxylic acids is 1. The van der Waals surface area contributed by atoms with E-state index in [1.807, 2.05) is 37.3 Å². The normalized spacial score (nSPS) is 14.7. The molecule has 0 amide bonds. The summed E-state index contributed by atoms with van der Waals surface area (Å²) in [5.74, 6) is -0.118. The van der Waals surface area contributed by atoms with Crippen LogP contribution in [-0.2, 0) is 4.79 Å². The highest BCUT2D eigenvalue weighted by atomic mass is 16.4. The summed E-state index contributed by atoms with van der Waals surface area (Å²) in [5, 5.41) is 12.8. The van der Waals surface area contributed by atoms with Gasteiger partial charge in [0.05, 0.1) is 6.04 Å². The van der Waals surface area contributed by atoms with Crippen molar-refractivity contribution in [1.29, 1.82) is 0 Å². The molecule has 0 saturated heterocycles. The number of rotatable bonds is 4. The second-order valence-electron chi connectivity index (χ2n) is 4.13. The van der Waals surface area contributed by atoms with Crippen LogP contribution in [0.2, 0.25) is 0 Å². The summed E-state index contributed by atoms with van der Waals surface area (Å²) in [7, 11) is 0. The summed E-state index contributed by atoms with van der Waals surface area (Å²) in [6, 6.07) is 8.92. The summed E-state index contributed by atoms with van der Waals surface area (Å²) in [4.78, 5) is 10.7. The van der Waals surface area contributed by atoms with Gasteiger partial charge in [0.15, 0.2) is 0 Å². The number of carbonyl (C=O) groups is 1. The number of furan rings is 1. The molecule has 2 N–H and O–H groups in total. The summed E-state index contributed by atoms with van der Waals surface area (Å²) in [5.41, 5.74) is 0.819. The van der Waals surface area contributed by atoms with Crippen LogP contribution in [0, 0.1) is 0 Å². The zero-order chi connectivity index (χ0) is 12.4. The maximum Gasteiger partial charge on any atom is 0.320 e. The molecule has 0 saturated carbocycles. The van der Waals surface area contributed by atoms with Gasteiger partial charge in [-0.2, -0.15) is 0 Å². The van der Waals surface area contributed by atoms with Gasteiger partial charge >= 0.3 is 5.97 Å². The lowest BCUT2D eigenvalue weighted by Crippen LogP contribution is -2.35. The van der Waals surface area contributed by atoms with Crippen LogP contribution < -0.4 is 5.32 Å². The van der Waals surface area contributed by atoms with Crippen molar-refractivity contribution in [3.63, 3.8) is 0 Å². The smallest absolute Gasteiger partial charge is 0.320 e. The lowest BCUT2D eigenvalue weighted by atomic mass is 10.2. The van der Waals surface area contributed by atoms with Gasteiger partial charge in [-0.05, 0) is 26.0 Å². The quantitative estimate of drug-likeness (QED) is 0.851. The summed E-state index contributed by atoms with van der Waals surface area (Å²) >= 11 is 0. The number of aliphatic carboxylic acids is 1. The molecule has 0 fully saturated rings. The molecule has 17 heavy (non-hydrogen) atoms. The number of hydrogen-bond donors (Lipinski definition) is 2. The van der Waals surface area contributed by atoms with Crippen molar-refractivity contribution in [2.75, 3.05) is 0 Å². The SMILES string of the molecule is CC(N[C@@H](C)C(=O)O)c1cc2ccccc2o1. The van der Waals surface area contributed by atoms with Crippen LogP contribution in [0.1, 0.15) is 25.6 Å². The number of carboxylic acid groups (broad SMARTS) is 1. The van der Waals surface area contributed by atoms with Crippen LogP contribution in [0.3, 0.4) is 0 Å². The predicted molar refractivity (Wildman–Crippen MR) is 64.9 cm³/mol. The summed E-state index contributed by atoms with van der Waals surface area (Å²) < 4.78 is 5.66. The number of nitrogens with one attached hydrogen (secondary N) is 1. The molecule has 2 rings (SSSR count). The van der Waals surface area contributed by atoms with Crippen molar-refractivity contribution in [3.05, 3.63) is 36.1 Å². The van der Waals surface area contributed by atoms with Crippen LogP contribution in [0.25, 0.3) is 11.0 Å². The van der Waals surface area contributed by atoms with Crippen molar-refractivity contribution >= 4 is 16.9 Å². The van der Waals surface area contributed by atoms with E-state index >= 15 is 0 Å². The van der Waals surface area contributed by atoms with Crippen LogP contribution in [-0.4, -0.2) is 17.1 Å². The third kappa shape index (κ3) is 2.47. The van der Waals surface area contributed by atoms with Crippen LogP contribution >= 0.6 is 0 Å². The number of hydrogen-bond acceptors (Lipinski definition) is 3. The van der Waals surface area contributed by atoms with Gasteiger partial charge < -0.3 is 9.52 Å². The average molecular weight is 233 g/mol. The van der Waals surface area contributed by atoms with E-state index in [0.29, 0.717) is 0 Å². The molecule has 0 aliphatic rings. The Morgan fingerprint density at radius 2 is 2.06 bits per heavy atom. The number of para-hydroxylation sites is 1. The van der Waals surface area contributed by atoms with Gasteiger partial charge in [-0.3, -0.25) is 10.1 Å². The molecule has 1 aromatic carbocycles. The third-order valence-electron chi connectivity index (χ3n) is 2.74. The molecule has 0 spiro atoms. The minimum absolute atomic E-state index is 0.131. The van der Waals surface area contributed by atoms with Crippen molar-refractivity contribution < 1.29 is 14.3 Å². The van der Waals surface area contributed by atoms with E-state index in [1.54, 1.807) is 6.92 Å². The molecule has 2 aromatic rings. The van der Waals surface area contributed by atoms with Gasteiger partial charge in [0.1, 0.15) is 17.4 Å². The molecule has 0 bridgehead atoms. The van der Waals surface area contributed by atoms with Gasteiger partial charge in [0.2, 0.25) is 0 Å². The first-order chi connectivity index (χ1) is 8.08. The molecular weight excluding hydrogens is 218 g/mol. The largest absolute Gasteiger partial charge is 0.480 e. The highest BCUT2D eigenvalue weighted by Gasteiger charge is 2.17. The summed E-state index contributed by atoms with van der Waals surface area (Å²) in [6.45, 7) is 3.50. The average Bonchev–Trinajstić information content (AvgIpc) is 2.72. The highest BCUT2D eigenvalue weighted by Crippen LogP contribution is 2.23. The molecule has 4 heteroatoms. The van der Waals surface area contributed by atoms with E-state index in [1.165, 1.54) is 0 Å². The van der Waals surface area contributed by atoms with Crippen molar-refractivity contribution in [2.45, 2.75) is 25.9 Å². The third-order valence-corrected chi connectivity index (χ3v) is 2.74. The lowest BCUT2D eigenvalue weighted by molar-refractivity contribution is -0.139. The monoisotopic (exact) mass is 233 g/mol. The van der Waals surface area contributed by atoms with Gasteiger partial charge in [0.25, 0.3) is 0 Å². The van der Waals surface area contributed by atoms with E-state index in [2.05, 4.69) is 5.32 Å². The van der Waals surface area contributed by atoms with Crippen molar-refractivity contribution in [1.82, 2.24) is 5.32 Å². The van der Waals surface area contributed by atoms with E-state index in [9.17, 15) is 4.79 Å². The first-order valence-corrected chi connectivity index (χ1v) is 5.55. The Morgan fingerprint density at radius 1 is 1.35 bits per heavy atom. The molecule has 90 valence electrons. The van der Waals surface area contributed by atoms with Gasteiger partial charge in [-0.1, -0.05) is 18.2 Å². The van der Waals surface area contributed by atoms with Gasteiger partial charge in [-0.25, -0.2) is 0 Å². The van der Waals surface area contributed by atoms with Crippen LogP contribution in [0.15, 0.2) is 34.7 Å². The molecule has 4 nitrogen and oxygen atoms in total. The molecular formula is C13H15NO3. The van der Waals surface area contributed by atoms with Crippen molar-refractivity contribution in [3.8, 4) is 0 Å². The molecule has 0 aliphatic heterocycles. The second kappa shape index (κ2) is 4.59. The second-order valence-corrected chi connectivity index (χ2v) is 4.13. The Hall–Kier alpha value is -1.81. The first-order valence-electron chi connectivity index (χ1n) is 5.55. The Bertz CT molecular complexity index is 499. The highest BCUT2D eigenvalue weighted by molar-refractivity contribution is 5.78. The van der Waals surface area contributed by atoms with Crippen LogP contribution in [0.4, 0.5) is 0 Å². The Labute approximate surface area is 99.2 Å². The van der Waals surface area contributed by atoms with E-state index in [4.69, 9.17) is 9.52 Å². The van der Waals surface area contributed by atoms with Gasteiger partial charge in [0, 0.05) is 5.39 Å². The van der Waals surface area contributed by atoms with Gasteiger partial charge in [-0.15, -0.1) is 0 Å². The van der Waals surface area contributed by atoms with E-state index in [-0.39, 0.29) is 6.04 Å². The fourth-order valence-corrected chi connectivity index (χ4v) is 1.74. The minimum Gasteiger partial charge on any atom is -0.480 e. The summed E-state index contributed by atoms with van der Waals surface area (Å²) in [6.07, 6.45) is 0. The fraction of sp³-hybridized carbons (Fsp3) is 0.308. The molecule has 0 radical (unpaired) electrons. The number of fused-ring (bicyclic) bond motifs is 1. The Morgan fingerprint density at radius 3 is 2.71 bits per heavy atom. The molecule has 2 atom stereocenters. The van der Waals surface area contributed by atoms with Crippen LogP contribution in [0.5, 0.6) is 0 Å². The van der Waals surface area contributed by atoms with Crippen molar-refractivity contribution in [2.24, 2.45) is 0 Å².